The lowest BCUT2D eigenvalue weighted by Gasteiger charge is -2.52. The second kappa shape index (κ2) is 6.40. The van der Waals surface area contributed by atoms with Crippen molar-refractivity contribution in [1.29, 1.82) is 0 Å². The number of rotatable bonds is 3. The fraction of sp³-hybridized carbons (Fsp3) is 0.444. The summed E-state index contributed by atoms with van der Waals surface area (Å²) in [6, 6.07) is 3.47. The minimum Gasteiger partial charge on any atom is -0.473 e. The van der Waals surface area contributed by atoms with Crippen LogP contribution in [0.4, 0.5) is 0 Å². The minimum absolute atomic E-state index is 0.0178. The SMILES string of the molecule is Cc1cncc(OC2CCOC3(C2)CN(C(=O)c2ccncc2)C3)n1. The Morgan fingerprint density at radius 3 is 2.84 bits per heavy atom. The normalized spacial score (nSPS) is 21.6. The molecule has 7 heteroatoms. The number of hydrogen-bond acceptors (Lipinski definition) is 6. The Hall–Kier alpha value is -2.54. The Morgan fingerprint density at radius 1 is 1.28 bits per heavy atom. The molecule has 0 bridgehead atoms. The molecule has 1 unspecified atom stereocenters. The average Bonchev–Trinajstić information content (AvgIpc) is 2.60. The van der Waals surface area contributed by atoms with Crippen LogP contribution in [0.25, 0.3) is 0 Å². The summed E-state index contributed by atoms with van der Waals surface area (Å²) >= 11 is 0. The van der Waals surface area contributed by atoms with E-state index in [4.69, 9.17) is 9.47 Å². The monoisotopic (exact) mass is 340 g/mol. The molecule has 2 aliphatic rings. The van der Waals surface area contributed by atoms with Gasteiger partial charge in [0, 0.05) is 37.0 Å². The van der Waals surface area contributed by atoms with Crippen molar-refractivity contribution in [2.75, 3.05) is 19.7 Å². The van der Waals surface area contributed by atoms with Crippen LogP contribution in [0, 0.1) is 6.92 Å². The number of hydrogen-bond donors (Lipinski definition) is 0. The second-order valence-electron chi connectivity index (χ2n) is 6.66. The molecule has 2 aliphatic heterocycles. The Morgan fingerprint density at radius 2 is 2.08 bits per heavy atom. The van der Waals surface area contributed by atoms with Crippen LogP contribution >= 0.6 is 0 Å². The highest BCUT2D eigenvalue weighted by Crippen LogP contribution is 2.36. The molecule has 0 N–H and O–H groups in total. The molecule has 130 valence electrons. The Bertz CT molecular complexity index is 762. The minimum atomic E-state index is -0.303. The predicted molar refractivity (Wildman–Crippen MR) is 89.2 cm³/mol. The number of ether oxygens (including phenoxy) is 2. The van der Waals surface area contributed by atoms with Crippen molar-refractivity contribution in [1.82, 2.24) is 19.9 Å². The Kier molecular flexibility index (Phi) is 4.09. The van der Waals surface area contributed by atoms with Gasteiger partial charge < -0.3 is 14.4 Å². The summed E-state index contributed by atoms with van der Waals surface area (Å²) in [6.07, 6.45) is 8.20. The standard InChI is InChI=1S/C18H20N4O3/c1-13-9-20-10-16(21-13)25-15-4-7-24-18(8-15)11-22(12-18)17(23)14-2-5-19-6-3-14/h2-3,5-6,9-10,15H,4,7-8,11-12H2,1H3. The van der Waals surface area contributed by atoms with E-state index in [1.54, 1.807) is 36.9 Å². The van der Waals surface area contributed by atoms with Crippen LogP contribution < -0.4 is 4.74 Å². The van der Waals surface area contributed by atoms with Crippen molar-refractivity contribution in [3.05, 3.63) is 48.2 Å². The van der Waals surface area contributed by atoms with Crippen LogP contribution in [0.1, 0.15) is 28.9 Å². The topological polar surface area (TPSA) is 77.4 Å². The van der Waals surface area contributed by atoms with Gasteiger partial charge >= 0.3 is 0 Å². The van der Waals surface area contributed by atoms with E-state index in [9.17, 15) is 4.79 Å². The molecule has 2 fully saturated rings. The molecule has 7 nitrogen and oxygen atoms in total. The summed E-state index contributed by atoms with van der Waals surface area (Å²) in [5, 5.41) is 0. The number of pyridine rings is 1. The summed E-state index contributed by atoms with van der Waals surface area (Å²) in [7, 11) is 0. The first-order valence-corrected chi connectivity index (χ1v) is 8.42. The fourth-order valence-electron chi connectivity index (χ4n) is 3.44. The van der Waals surface area contributed by atoms with Crippen LogP contribution in [-0.4, -0.2) is 57.2 Å². The summed E-state index contributed by atoms with van der Waals surface area (Å²) in [6.45, 7) is 3.70. The zero-order valence-corrected chi connectivity index (χ0v) is 14.1. The molecule has 0 saturated carbocycles. The number of nitrogens with zero attached hydrogens (tertiary/aromatic N) is 4. The highest BCUT2D eigenvalue weighted by molar-refractivity contribution is 5.94. The molecule has 2 aromatic rings. The van der Waals surface area contributed by atoms with E-state index in [-0.39, 0.29) is 17.6 Å². The Labute approximate surface area is 146 Å². The van der Waals surface area contributed by atoms with E-state index in [2.05, 4.69) is 15.0 Å². The zero-order valence-electron chi connectivity index (χ0n) is 14.1. The van der Waals surface area contributed by atoms with Gasteiger partial charge in [0.2, 0.25) is 5.88 Å². The number of aromatic nitrogens is 3. The molecule has 25 heavy (non-hydrogen) atoms. The lowest BCUT2D eigenvalue weighted by Crippen LogP contribution is -2.67. The van der Waals surface area contributed by atoms with E-state index in [0.29, 0.717) is 31.1 Å². The molecule has 0 aromatic carbocycles. The van der Waals surface area contributed by atoms with Gasteiger partial charge in [0.05, 0.1) is 31.6 Å². The Balaban J connectivity index is 1.37. The van der Waals surface area contributed by atoms with Crippen LogP contribution in [-0.2, 0) is 4.74 Å². The molecule has 0 radical (unpaired) electrons. The molecule has 4 rings (SSSR count). The molecule has 1 atom stereocenters. The van der Waals surface area contributed by atoms with Gasteiger partial charge in [0.15, 0.2) is 0 Å². The predicted octanol–water partition coefficient (Wildman–Crippen LogP) is 1.63. The van der Waals surface area contributed by atoms with E-state index in [1.807, 2.05) is 11.8 Å². The third-order valence-corrected chi connectivity index (χ3v) is 4.64. The van der Waals surface area contributed by atoms with Gasteiger partial charge in [0.1, 0.15) is 11.7 Å². The maximum absolute atomic E-state index is 12.5. The molecular formula is C18H20N4O3. The van der Waals surface area contributed by atoms with Crippen LogP contribution in [0.15, 0.2) is 36.9 Å². The van der Waals surface area contributed by atoms with Crippen molar-refractivity contribution in [3.8, 4) is 5.88 Å². The van der Waals surface area contributed by atoms with E-state index >= 15 is 0 Å². The van der Waals surface area contributed by atoms with Crippen molar-refractivity contribution in [2.45, 2.75) is 31.5 Å². The average molecular weight is 340 g/mol. The van der Waals surface area contributed by atoms with Crippen molar-refractivity contribution in [3.63, 3.8) is 0 Å². The molecule has 1 amide bonds. The third kappa shape index (κ3) is 3.32. The number of carbonyl (C=O) groups excluding carboxylic acids is 1. The summed E-state index contributed by atoms with van der Waals surface area (Å²) in [5.74, 6) is 0.565. The summed E-state index contributed by atoms with van der Waals surface area (Å²) in [4.78, 5) is 26.7. The van der Waals surface area contributed by atoms with Gasteiger partial charge in [0.25, 0.3) is 5.91 Å². The number of likely N-dealkylation sites (tertiary alicyclic amines) is 1. The van der Waals surface area contributed by atoms with E-state index < -0.39 is 0 Å². The summed E-state index contributed by atoms with van der Waals surface area (Å²) in [5.41, 5.74) is 1.18. The highest BCUT2D eigenvalue weighted by atomic mass is 16.5. The van der Waals surface area contributed by atoms with Gasteiger partial charge in [-0.25, -0.2) is 4.98 Å². The molecule has 0 aliphatic carbocycles. The molecule has 2 aromatic heterocycles. The van der Waals surface area contributed by atoms with Crippen molar-refractivity contribution >= 4 is 5.91 Å². The first-order valence-electron chi connectivity index (χ1n) is 8.42. The zero-order chi connectivity index (χ0) is 17.3. The maximum atomic E-state index is 12.5. The van der Waals surface area contributed by atoms with Crippen molar-refractivity contribution < 1.29 is 14.3 Å². The van der Waals surface area contributed by atoms with Gasteiger partial charge in [-0.05, 0) is 19.1 Å². The first kappa shape index (κ1) is 16.0. The largest absolute Gasteiger partial charge is 0.473 e. The lowest BCUT2D eigenvalue weighted by atomic mass is 9.84. The smallest absolute Gasteiger partial charge is 0.254 e. The second-order valence-corrected chi connectivity index (χ2v) is 6.66. The lowest BCUT2D eigenvalue weighted by molar-refractivity contribution is -0.174. The molecule has 1 spiro atoms. The number of amides is 1. The number of carbonyl (C=O) groups is 1. The fourth-order valence-corrected chi connectivity index (χ4v) is 3.44. The van der Waals surface area contributed by atoms with Gasteiger partial charge in [-0.1, -0.05) is 0 Å². The first-order chi connectivity index (χ1) is 12.1. The van der Waals surface area contributed by atoms with Crippen LogP contribution in [0.5, 0.6) is 5.88 Å². The van der Waals surface area contributed by atoms with E-state index in [0.717, 1.165) is 18.5 Å². The van der Waals surface area contributed by atoms with Crippen LogP contribution in [0.3, 0.4) is 0 Å². The quantitative estimate of drug-likeness (QED) is 0.845. The van der Waals surface area contributed by atoms with Crippen LogP contribution in [0.2, 0.25) is 0 Å². The highest BCUT2D eigenvalue weighted by Gasteiger charge is 2.50. The van der Waals surface area contributed by atoms with Gasteiger partial charge in [-0.2, -0.15) is 0 Å². The van der Waals surface area contributed by atoms with Crippen molar-refractivity contribution in [2.24, 2.45) is 0 Å². The summed E-state index contributed by atoms with van der Waals surface area (Å²) < 4.78 is 12.0. The van der Waals surface area contributed by atoms with Gasteiger partial charge in [-0.3, -0.25) is 14.8 Å². The van der Waals surface area contributed by atoms with Gasteiger partial charge in [-0.15, -0.1) is 0 Å². The molecular weight excluding hydrogens is 320 g/mol. The molecule has 4 heterocycles. The molecule has 2 saturated heterocycles. The van der Waals surface area contributed by atoms with E-state index in [1.165, 1.54) is 0 Å². The maximum Gasteiger partial charge on any atom is 0.254 e. The third-order valence-electron chi connectivity index (χ3n) is 4.64. The number of aryl methyl sites for hydroxylation is 1.